The summed E-state index contributed by atoms with van der Waals surface area (Å²) in [4.78, 5) is 27.7. The molecule has 0 spiro atoms. The number of urea groups is 1. The highest BCUT2D eigenvalue weighted by atomic mass is 32.2. The Hall–Kier alpha value is -5.39. The molecule has 0 saturated carbocycles. The second-order valence-corrected chi connectivity index (χ2v) is 13.6. The van der Waals surface area contributed by atoms with Gasteiger partial charge in [-0.25, -0.2) is 17.9 Å². The molecule has 1 atom stereocenters. The molecule has 5 aromatic carbocycles. The van der Waals surface area contributed by atoms with E-state index in [9.17, 15) is 18.0 Å². The molecule has 4 N–H and O–H groups in total. The van der Waals surface area contributed by atoms with Gasteiger partial charge in [0.1, 0.15) is 5.75 Å². The number of ether oxygens (including phenoxy) is 1. The van der Waals surface area contributed by atoms with Gasteiger partial charge in [0.05, 0.1) is 24.1 Å². The SMILES string of the molecule is CC[C@@H](NS(=O)(=O)c1cccc2c(N(C)C)cccc12)c1ccc(NC(=O)Cc2ccc(NC(=O)Nc3ccccc3C)c(OC)c2)cc1. The fourth-order valence-electron chi connectivity index (χ4n) is 5.65. The molecule has 0 aromatic heterocycles. The van der Waals surface area contributed by atoms with Crippen LogP contribution in [0.4, 0.5) is 27.5 Å². The number of nitrogens with one attached hydrogen (secondary N) is 4. The van der Waals surface area contributed by atoms with Crippen molar-refractivity contribution in [3.63, 3.8) is 0 Å². The number of aryl methyl sites for hydroxylation is 1. The van der Waals surface area contributed by atoms with Crippen molar-refractivity contribution >= 4 is 55.5 Å². The zero-order valence-corrected chi connectivity index (χ0v) is 29.0. The Morgan fingerprint density at radius 2 is 1.49 bits per heavy atom. The number of sulfonamides is 1. The number of benzene rings is 5. The number of nitrogens with zero attached hydrogens (tertiary/aromatic N) is 1. The van der Waals surface area contributed by atoms with Gasteiger partial charge in [0, 0.05) is 48.0 Å². The van der Waals surface area contributed by atoms with E-state index in [2.05, 4.69) is 20.7 Å². The number of anilines is 4. The monoisotopic (exact) mass is 679 g/mol. The van der Waals surface area contributed by atoms with Gasteiger partial charge in [-0.1, -0.05) is 67.6 Å². The van der Waals surface area contributed by atoms with Crippen LogP contribution >= 0.6 is 0 Å². The third-order valence-electron chi connectivity index (χ3n) is 8.20. The quantitative estimate of drug-likeness (QED) is 0.108. The standard InChI is InChI=1S/C38H41N5O5S/c1-6-31(42-49(46,47)36-16-10-12-29-30(36)13-9-15-34(29)43(3)4)27-18-20-28(21-19-27)39-37(44)24-26-17-22-33(35(23-26)48-5)41-38(45)40-32-14-8-7-11-25(32)2/h7-23,31,42H,6,24H2,1-5H3,(H,39,44)(H2,40,41,45)/t31-/m1/s1. The Balaban J connectivity index is 1.22. The molecule has 0 aliphatic heterocycles. The Kier molecular flexibility index (Phi) is 10.9. The summed E-state index contributed by atoms with van der Waals surface area (Å²) in [5.41, 5.74) is 5.09. The zero-order valence-electron chi connectivity index (χ0n) is 28.2. The number of fused-ring (bicyclic) bond motifs is 1. The lowest BCUT2D eigenvalue weighted by atomic mass is 10.1. The number of rotatable bonds is 12. The van der Waals surface area contributed by atoms with Crippen LogP contribution in [-0.2, 0) is 21.2 Å². The average Bonchev–Trinajstić information content (AvgIpc) is 3.08. The summed E-state index contributed by atoms with van der Waals surface area (Å²) in [6, 6.07) is 29.8. The van der Waals surface area contributed by atoms with Crippen LogP contribution in [0.25, 0.3) is 10.8 Å². The van der Waals surface area contributed by atoms with Gasteiger partial charge in [-0.2, -0.15) is 0 Å². The van der Waals surface area contributed by atoms with Crippen LogP contribution in [0.2, 0.25) is 0 Å². The predicted molar refractivity (Wildman–Crippen MR) is 197 cm³/mol. The zero-order chi connectivity index (χ0) is 35.1. The Bertz CT molecular complexity index is 2080. The lowest BCUT2D eigenvalue weighted by Gasteiger charge is -2.20. The van der Waals surface area contributed by atoms with Gasteiger partial charge in [0.15, 0.2) is 0 Å². The second kappa shape index (κ2) is 15.2. The number of para-hydroxylation sites is 1. The highest BCUT2D eigenvalue weighted by Crippen LogP contribution is 2.32. The van der Waals surface area contributed by atoms with Crippen molar-refractivity contribution in [2.24, 2.45) is 0 Å². The van der Waals surface area contributed by atoms with E-state index in [1.165, 1.54) is 7.11 Å². The van der Waals surface area contributed by atoms with Crippen LogP contribution in [0.5, 0.6) is 5.75 Å². The van der Waals surface area contributed by atoms with Gasteiger partial charge in [-0.05, 0) is 72.5 Å². The van der Waals surface area contributed by atoms with Crippen LogP contribution in [0.15, 0.2) is 108 Å². The summed E-state index contributed by atoms with van der Waals surface area (Å²) in [5, 5.41) is 10.0. The first-order valence-electron chi connectivity index (χ1n) is 15.9. The molecule has 3 amide bonds. The molecule has 0 radical (unpaired) electrons. The molecule has 0 saturated heterocycles. The summed E-state index contributed by atoms with van der Waals surface area (Å²) in [6.45, 7) is 3.83. The number of hydrogen-bond donors (Lipinski definition) is 4. The van der Waals surface area contributed by atoms with Crippen molar-refractivity contribution in [3.05, 3.63) is 120 Å². The maximum absolute atomic E-state index is 13.6. The lowest BCUT2D eigenvalue weighted by molar-refractivity contribution is -0.115. The Morgan fingerprint density at radius 1 is 0.796 bits per heavy atom. The van der Waals surface area contributed by atoms with E-state index in [1.54, 1.807) is 42.5 Å². The van der Waals surface area contributed by atoms with Crippen molar-refractivity contribution in [1.29, 1.82) is 0 Å². The van der Waals surface area contributed by atoms with E-state index >= 15 is 0 Å². The summed E-state index contributed by atoms with van der Waals surface area (Å²) >= 11 is 0. The Labute approximate surface area is 287 Å². The van der Waals surface area contributed by atoms with Crippen LogP contribution in [0.1, 0.15) is 36.1 Å². The van der Waals surface area contributed by atoms with E-state index < -0.39 is 22.1 Å². The van der Waals surface area contributed by atoms with Crippen LogP contribution in [-0.4, -0.2) is 41.6 Å². The summed E-state index contributed by atoms with van der Waals surface area (Å²) in [5.74, 6) is 0.179. The molecular formula is C38H41N5O5S. The highest BCUT2D eigenvalue weighted by Gasteiger charge is 2.23. The molecule has 0 unspecified atom stereocenters. The van der Waals surface area contributed by atoms with Crippen molar-refractivity contribution < 1.29 is 22.7 Å². The van der Waals surface area contributed by atoms with Gasteiger partial charge in [-0.3, -0.25) is 4.79 Å². The van der Waals surface area contributed by atoms with E-state index in [1.807, 2.05) is 93.5 Å². The fraction of sp³-hybridized carbons (Fsp3) is 0.211. The minimum Gasteiger partial charge on any atom is -0.495 e. The highest BCUT2D eigenvalue weighted by molar-refractivity contribution is 7.89. The first-order valence-corrected chi connectivity index (χ1v) is 17.4. The predicted octanol–water partition coefficient (Wildman–Crippen LogP) is 7.48. The molecule has 0 bridgehead atoms. The minimum atomic E-state index is -3.86. The number of methoxy groups -OCH3 is 1. The van der Waals surface area contributed by atoms with Crippen LogP contribution in [0.3, 0.4) is 0 Å². The third-order valence-corrected chi connectivity index (χ3v) is 9.73. The maximum Gasteiger partial charge on any atom is 0.323 e. The Morgan fingerprint density at radius 3 is 2.18 bits per heavy atom. The van der Waals surface area contributed by atoms with Crippen molar-refractivity contribution in [2.45, 2.75) is 37.6 Å². The number of carbonyl (C=O) groups excluding carboxylic acids is 2. The largest absolute Gasteiger partial charge is 0.495 e. The summed E-state index contributed by atoms with van der Waals surface area (Å²) in [6.07, 6.45) is 0.602. The number of hydrogen-bond acceptors (Lipinski definition) is 6. The van der Waals surface area contributed by atoms with E-state index in [-0.39, 0.29) is 17.2 Å². The summed E-state index contributed by atoms with van der Waals surface area (Å²) in [7, 11) is 1.49. The van der Waals surface area contributed by atoms with Gasteiger partial charge in [0.25, 0.3) is 0 Å². The van der Waals surface area contributed by atoms with Crippen molar-refractivity contribution in [2.75, 3.05) is 42.1 Å². The molecule has 0 aliphatic rings. The lowest BCUT2D eigenvalue weighted by Crippen LogP contribution is -2.28. The second-order valence-electron chi connectivity index (χ2n) is 11.9. The van der Waals surface area contributed by atoms with Crippen molar-refractivity contribution in [3.8, 4) is 5.75 Å². The molecule has 0 heterocycles. The minimum absolute atomic E-state index is 0.0751. The van der Waals surface area contributed by atoms with Crippen LogP contribution in [0, 0.1) is 6.92 Å². The molecule has 5 rings (SSSR count). The van der Waals surface area contributed by atoms with Crippen molar-refractivity contribution in [1.82, 2.24) is 4.72 Å². The average molecular weight is 680 g/mol. The van der Waals surface area contributed by atoms with E-state index in [4.69, 9.17) is 4.74 Å². The smallest absolute Gasteiger partial charge is 0.323 e. The van der Waals surface area contributed by atoms with E-state index in [0.717, 1.165) is 22.2 Å². The molecule has 254 valence electrons. The molecular weight excluding hydrogens is 639 g/mol. The molecule has 0 aliphatic carbocycles. The third kappa shape index (κ3) is 8.37. The topological polar surface area (TPSA) is 129 Å². The summed E-state index contributed by atoms with van der Waals surface area (Å²) < 4.78 is 35.7. The maximum atomic E-state index is 13.6. The molecule has 49 heavy (non-hydrogen) atoms. The normalized spacial score (nSPS) is 11.9. The van der Waals surface area contributed by atoms with Gasteiger partial charge < -0.3 is 25.6 Å². The first kappa shape index (κ1) is 34.9. The molecule has 5 aromatic rings. The number of amides is 3. The fourth-order valence-corrected chi connectivity index (χ4v) is 7.18. The van der Waals surface area contributed by atoms with E-state index in [0.29, 0.717) is 40.2 Å². The van der Waals surface area contributed by atoms with Gasteiger partial charge in [0.2, 0.25) is 15.9 Å². The number of carbonyl (C=O) groups is 2. The molecule has 0 fully saturated rings. The van der Waals surface area contributed by atoms with Gasteiger partial charge >= 0.3 is 6.03 Å². The first-order chi connectivity index (χ1) is 23.5. The molecule has 10 nitrogen and oxygen atoms in total. The van der Waals surface area contributed by atoms with Gasteiger partial charge in [-0.15, -0.1) is 0 Å². The molecule has 11 heteroatoms. The van der Waals surface area contributed by atoms with Crippen LogP contribution < -0.4 is 30.3 Å².